The topological polar surface area (TPSA) is 43.6 Å². The van der Waals surface area contributed by atoms with Crippen LogP contribution in [0.3, 0.4) is 0 Å². The number of para-hydroxylation sites is 2. The quantitative estimate of drug-likeness (QED) is 0.176. The fourth-order valence-corrected chi connectivity index (χ4v) is 10.0. The number of thiophene rings is 1. The van der Waals surface area contributed by atoms with E-state index < -0.39 is 0 Å². The molecule has 5 heteroatoms. The molecule has 0 saturated carbocycles. The van der Waals surface area contributed by atoms with Crippen molar-refractivity contribution in [2.75, 3.05) is 0 Å². The van der Waals surface area contributed by atoms with E-state index in [1.54, 1.807) is 0 Å². The number of hydrogen-bond donors (Lipinski definition) is 0. The Kier molecular flexibility index (Phi) is 7.13. The summed E-state index contributed by atoms with van der Waals surface area (Å²) in [6.45, 7) is 0. The van der Waals surface area contributed by atoms with Crippen LogP contribution in [0.5, 0.6) is 0 Å². The van der Waals surface area contributed by atoms with Gasteiger partial charge in [0.1, 0.15) is 0 Å². The van der Waals surface area contributed by atoms with Crippen molar-refractivity contribution < 1.29 is 0 Å². The Morgan fingerprint density at radius 1 is 0.386 bits per heavy atom. The number of hydrogen-bond acceptors (Lipinski definition) is 4. The van der Waals surface area contributed by atoms with Crippen molar-refractivity contribution in [3.8, 4) is 62.1 Å². The molecule has 0 atom stereocenters. The molecular weight excluding hydrogens is 713 g/mol. The first kappa shape index (κ1) is 32.1. The molecule has 0 aliphatic heterocycles. The zero-order valence-corrected chi connectivity index (χ0v) is 31.5. The van der Waals surface area contributed by atoms with Gasteiger partial charge in [0.15, 0.2) is 17.5 Å². The maximum absolute atomic E-state index is 5.09. The Hall–Kier alpha value is -7.21. The fraction of sp³-hybridized carbons (Fsp3) is 0.0192. The molecule has 8 aromatic carbocycles. The van der Waals surface area contributed by atoms with Gasteiger partial charge >= 0.3 is 0 Å². The smallest absolute Gasteiger partial charge is 0.164 e. The number of nitrogens with zero attached hydrogens (tertiary/aromatic N) is 4. The lowest BCUT2D eigenvalue weighted by atomic mass is 9.96. The molecule has 0 unspecified atom stereocenters. The maximum atomic E-state index is 5.09. The van der Waals surface area contributed by atoms with Gasteiger partial charge < -0.3 is 4.57 Å². The molecular formula is C52H32N4S. The predicted molar refractivity (Wildman–Crippen MR) is 237 cm³/mol. The summed E-state index contributed by atoms with van der Waals surface area (Å²) in [6, 6.07) is 65.2. The molecule has 266 valence electrons. The van der Waals surface area contributed by atoms with Crippen molar-refractivity contribution in [1.29, 1.82) is 0 Å². The third-order valence-electron chi connectivity index (χ3n) is 11.5. The highest BCUT2D eigenvalue weighted by Gasteiger charge is 2.25. The molecule has 57 heavy (non-hydrogen) atoms. The van der Waals surface area contributed by atoms with Gasteiger partial charge in [0, 0.05) is 53.3 Å². The minimum Gasteiger partial charge on any atom is -0.309 e. The summed E-state index contributed by atoms with van der Waals surface area (Å²) >= 11 is 1.87. The van der Waals surface area contributed by atoms with Crippen LogP contribution < -0.4 is 0 Å². The molecule has 0 fully saturated rings. The van der Waals surface area contributed by atoms with E-state index >= 15 is 0 Å². The summed E-state index contributed by atoms with van der Waals surface area (Å²) in [7, 11) is 0. The van der Waals surface area contributed by atoms with E-state index in [-0.39, 0.29) is 0 Å². The molecule has 1 aliphatic rings. The standard InChI is InChI=1S/C52H32N4S/c1-3-12-32(13-4-1)50-53-51(33-14-5-2-6-15-33)55-52(54-50)44-19-11-16-36-29-37-28-34(22-25-39(37)49(36)44)35-23-26-42-43-27-24-38(31-48(43)57-47(42)30-35)56-45-20-9-7-17-40(45)41-18-8-10-21-46(41)56/h1-28,30-31H,29H2. The van der Waals surface area contributed by atoms with Gasteiger partial charge in [-0.2, -0.15) is 0 Å². The Morgan fingerprint density at radius 3 is 1.67 bits per heavy atom. The van der Waals surface area contributed by atoms with Crippen molar-refractivity contribution in [2.45, 2.75) is 6.42 Å². The molecule has 0 radical (unpaired) electrons. The molecule has 1 aliphatic carbocycles. The first-order valence-corrected chi connectivity index (χ1v) is 20.1. The van der Waals surface area contributed by atoms with Gasteiger partial charge in [0.05, 0.1) is 11.0 Å². The predicted octanol–water partition coefficient (Wildman–Crippen LogP) is 13.6. The largest absolute Gasteiger partial charge is 0.309 e. The van der Waals surface area contributed by atoms with Crippen LogP contribution in [0.4, 0.5) is 0 Å². The summed E-state index contributed by atoms with van der Waals surface area (Å²) < 4.78 is 4.99. The Bertz CT molecular complexity index is 3270. The molecule has 0 N–H and O–H groups in total. The lowest BCUT2D eigenvalue weighted by Gasteiger charge is -2.12. The van der Waals surface area contributed by atoms with Gasteiger partial charge in [-0.15, -0.1) is 11.3 Å². The van der Waals surface area contributed by atoms with E-state index in [1.165, 1.54) is 81.0 Å². The van der Waals surface area contributed by atoms with Crippen LogP contribution in [0.15, 0.2) is 182 Å². The van der Waals surface area contributed by atoms with Gasteiger partial charge in [0.25, 0.3) is 0 Å². The lowest BCUT2D eigenvalue weighted by Crippen LogP contribution is -2.01. The van der Waals surface area contributed by atoms with Crippen LogP contribution in [0.2, 0.25) is 0 Å². The van der Waals surface area contributed by atoms with E-state index in [2.05, 4.69) is 150 Å². The van der Waals surface area contributed by atoms with E-state index in [9.17, 15) is 0 Å². The van der Waals surface area contributed by atoms with Crippen molar-refractivity contribution in [1.82, 2.24) is 19.5 Å². The van der Waals surface area contributed by atoms with Crippen molar-refractivity contribution in [3.63, 3.8) is 0 Å². The van der Waals surface area contributed by atoms with Crippen molar-refractivity contribution in [3.05, 3.63) is 193 Å². The SMILES string of the molecule is c1ccc(-c2nc(-c3ccccc3)nc(-c3cccc4c3-c3ccc(-c5ccc6c(c5)sc5cc(-n7c8ccccc8c8ccccc87)ccc56)cc3C4)n2)cc1. The molecule has 0 spiro atoms. The Labute approximate surface area is 333 Å². The molecule has 12 rings (SSSR count). The normalized spacial score (nSPS) is 12.1. The van der Waals surface area contributed by atoms with E-state index in [4.69, 9.17) is 15.0 Å². The maximum Gasteiger partial charge on any atom is 0.164 e. The lowest BCUT2D eigenvalue weighted by molar-refractivity contribution is 1.07. The molecule has 11 aromatic rings. The minimum absolute atomic E-state index is 0.671. The summed E-state index contributed by atoms with van der Waals surface area (Å²) in [4.78, 5) is 15.1. The highest BCUT2D eigenvalue weighted by molar-refractivity contribution is 7.25. The molecule has 0 bridgehead atoms. The zero-order valence-electron chi connectivity index (χ0n) is 30.7. The first-order valence-electron chi connectivity index (χ1n) is 19.3. The van der Waals surface area contributed by atoms with Crippen LogP contribution in [-0.4, -0.2) is 19.5 Å². The number of rotatable bonds is 5. The summed E-state index contributed by atoms with van der Waals surface area (Å²) in [5, 5.41) is 5.16. The van der Waals surface area contributed by atoms with Gasteiger partial charge in [-0.25, -0.2) is 15.0 Å². The van der Waals surface area contributed by atoms with Gasteiger partial charge in [0.2, 0.25) is 0 Å². The highest BCUT2D eigenvalue weighted by atomic mass is 32.1. The average Bonchev–Trinajstić information content (AvgIpc) is 3.95. The van der Waals surface area contributed by atoms with Crippen LogP contribution in [0.1, 0.15) is 11.1 Å². The second-order valence-corrected chi connectivity index (χ2v) is 15.9. The Balaban J connectivity index is 0.926. The number of aromatic nitrogens is 4. The summed E-state index contributed by atoms with van der Waals surface area (Å²) in [6.07, 6.45) is 0.866. The molecule has 0 amide bonds. The van der Waals surface area contributed by atoms with E-state index in [0.717, 1.165) is 23.1 Å². The van der Waals surface area contributed by atoms with E-state index in [1.807, 2.05) is 47.7 Å². The highest BCUT2D eigenvalue weighted by Crippen LogP contribution is 2.45. The minimum atomic E-state index is 0.671. The van der Waals surface area contributed by atoms with Crippen LogP contribution in [0, 0.1) is 0 Å². The monoisotopic (exact) mass is 744 g/mol. The Morgan fingerprint density at radius 2 is 0.965 bits per heavy atom. The van der Waals surface area contributed by atoms with Crippen LogP contribution in [-0.2, 0) is 6.42 Å². The average molecular weight is 745 g/mol. The van der Waals surface area contributed by atoms with Crippen molar-refractivity contribution >= 4 is 53.3 Å². The number of benzene rings is 8. The molecule has 3 aromatic heterocycles. The second kappa shape index (κ2) is 12.7. The van der Waals surface area contributed by atoms with Gasteiger partial charge in [-0.3, -0.25) is 0 Å². The summed E-state index contributed by atoms with van der Waals surface area (Å²) in [5.74, 6) is 2.03. The zero-order chi connectivity index (χ0) is 37.5. The molecule has 4 nitrogen and oxygen atoms in total. The fourth-order valence-electron chi connectivity index (χ4n) is 8.83. The first-order chi connectivity index (χ1) is 28.2. The third-order valence-corrected chi connectivity index (χ3v) is 12.6. The van der Waals surface area contributed by atoms with Crippen LogP contribution in [0.25, 0.3) is 104 Å². The number of fused-ring (bicyclic) bond motifs is 9. The molecule has 3 heterocycles. The van der Waals surface area contributed by atoms with Gasteiger partial charge in [-0.05, 0) is 70.1 Å². The van der Waals surface area contributed by atoms with Crippen LogP contribution >= 0.6 is 11.3 Å². The summed E-state index contributed by atoms with van der Waals surface area (Å²) in [5.41, 5.74) is 14.1. The second-order valence-electron chi connectivity index (χ2n) is 14.8. The van der Waals surface area contributed by atoms with E-state index in [0.29, 0.717) is 17.5 Å². The molecule has 0 saturated heterocycles. The van der Waals surface area contributed by atoms with Crippen molar-refractivity contribution in [2.24, 2.45) is 0 Å². The van der Waals surface area contributed by atoms with Gasteiger partial charge in [-0.1, -0.05) is 152 Å². The third kappa shape index (κ3) is 5.17.